The largest absolute Gasteiger partial charge is 0.349 e. The molecule has 0 saturated heterocycles. The molecule has 84 valence electrons. The van der Waals surface area contributed by atoms with Gasteiger partial charge in [-0.25, -0.2) is 0 Å². The molecular weight excluding hydrogens is 190 g/mol. The summed E-state index contributed by atoms with van der Waals surface area (Å²) in [7, 11) is 0. The van der Waals surface area contributed by atoms with Crippen molar-refractivity contribution in [3.8, 4) is 0 Å². The van der Waals surface area contributed by atoms with Gasteiger partial charge in [0, 0.05) is 6.20 Å². The maximum Gasteiger partial charge on any atom is 0.234 e. The molecule has 1 amide bonds. The average Bonchev–Trinajstić information content (AvgIpc) is 2.28. The molecule has 0 fully saturated rings. The smallest absolute Gasteiger partial charge is 0.234 e. The Bertz CT molecular complexity index is 262. The minimum atomic E-state index is -0.166. The van der Waals surface area contributed by atoms with Crippen molar-refractivity contribution in [3.63, 3.8) is 0 Å². The lowest BCUT2D eigenvalue weighted by molar-refractivity contribution is -0.119. The number of hydrogen-bond donors (Lipinski definition) is 2. The van der Waals surface area contributed by atoms with Crippen molar-refractivity contribution in [1.82, 2.24) is 10.3 Å². The first-order valence-electron chi connectivity index (χ1n) is 5.11. The lowest BCUT2D eigenvalue weighted by Gasteiger charge is -2.01. The maximum atomic E-state index is 10.7. The van der Waals surface area contributed by atoms with E-state index < -0.39 is 0 Å². The van der Waals surface area contributed by atoms with Gasteiger partial charge in [-0.2, -0.15) is 0 Å². The zero-order valence-corrected chi connectivity index (χ0v) is 9.36. The number of nitrogens with two attached hydrogens (primary N) is 1. The van der Waals surface area contributed by atoms with Crippen LogP contribution in [0.2, 0.25) is 0 Å². The topological polar surface area (TPSA) is 68.0 Å². The molecule has 0 aliphatic carbocycles. The summed E-state index contributed by atoms with van der Waals surface area (Å²) in [5, 5.41) is 2.62. The van der Waals surface area contributed by atoms with E-state index in [4.69, 9.17) is 5.73 Å². The summed E-state index contributed by atoms with van der Waals surface area (Å²) in [5.74, 6) is -0.166. The lowest BCUT2D eigenvalue weighted by Crippen LogP contribution is -2.29. The minimum absolute atomic E-state index is 0.0207. The number of nitrogens with zero attached hydrogens (tertiary/aromatic N) is 1. The van der Waals surface area contributed by atoms with Gasteiger partial charge < -0.3 is 11.1 Å². The Morgan fingerprint density at radius 3 is 2.60 bits per heavy atom. The van der Waals surface area contributed by atoms with Gasteiger partial charge in [-0.1, -0.05) is 26.3 Å². The van der Waals surface area contributed by atoms with E-state index in [2.05, 4.69) is 24.1 Å². The van der Waals surface area contributed by atoms with Crippen molar-refractivity contribution in [3.05, 3.63) is 30.1 Å². The summed E-state index contributed by atoms with van der Waals surface area (Å²) in [4.78, 5) is 14.8. The molecule has 1 aromatic rings. The van der Waals surface area contributed by atoms with Crippen LogP contribution in [0.25, 0.3) is 0 Å². The number of carbonyl (C=O) groups is 1. The van der Waals surface area contributed by atoms with E-state index in [1.165, 1.54) is 6.42 Å². The van der Waals surface area contributed by atoms with Crippen molar-refractivity contribution in [1.29, 1.82) is 0 Å². The number of pyridine rings is 1. The normalized spacial score (nSPS) is 8.73. The van der Waals surface area contributed by atoms with Gasteiger partial charge in [0.25, 0.3) is 0 Å². The minimum Gasteiger partial charge on any atom is -0.349 e. The quantitative estimate of drug-likeness (QED) is 0.782. The molecule has 3 N–H and O–H groups in total. The average molecular weight is 209 g/mol. The van der Waals surface area contributed by atoms with Gasteiger partial charge in [0.1, 0.15) is 0 Å². The molecule has 15 heavy (non-hydrogen) atoms. The molecule has 0 bridgehead atoms. The predicted octanol–water partition coefficient (Wildman–Crippen LogP) is 1.07. The van der Waals surface area contributed by atoms with Crippen molar-refractivity contribution in [2.24, 2.45) is 5.73 Å². The van der Waals surface area contributed by atoms with E-state index in [-0.39, 0.29) is 12.5 Å². The zero-order chi connectivity index (χ0) is 11.5. The summed E-state index contributed by atoms with van der Waals surface area (Å²) in [5.41, 5.74) is 5.94. The molecule has 0 radical (unpaired) electrons. The first-order valence-corrected chi connectivity index (χ1v) is 5.11. The molecule has 0 unspecified atom stereocenters. The van der Waals surface area contributed by atoms with Crippen molar-refractivity contribution in [2.75, 3.05) is 6.54 Å². The van der Waals surface area contributed by atoms with Gasteiger partial charge in [0.05, 0.1) is 18.8 Å². The van der Waals surface area contributed by atoms with Crippen LogP contribution in [0.5, 0.6) is 0 Å². The second-order valence-electron chi connectivity index (χ2n) is 3.01. The number of aromatic nitrogens is 1. The third-order valence-electron chi connectivity index (χ3n) is 1.38. The van der Waals surface area contributed by atoms with E-state index in [1.54, 1.807) is 6.20 Å². The van der Waals surface area contributed by atoms with Crippen LogP contribution in [-0.2, 0) is 11.3 Å². The molecule has 0 atom stereocenters. The van der Waals surface area contributed by atoms with Crippen LogP contribution in [-0.4, -0.2) is 17.4 Å². The Morgan fingerprint density at radius 1 is 1.47 bits per heavy atom. The van der Waals surface area contributed by atoms with Gasteiger partial charge in [-0.3, -0.25) is 9.78 Å². The Kier molecular flexibility index (Phi) is 8.28. The van der Waals surface area contributed by atoms with Gasteiger partial charge >= 0.3 is 0 Å². The first-order chi connectivity index (χ1) is 7.24. The molecule has 4 heteroatoms. The highest BCUT2D eigenvalue weighted by molar-refractivity contribution is 5.77. The standard InChI is InChI=1S/C8H11N3O.C3H8/c9-5-8(12)11-6-7-3-1-2-4-10-7;1-3-2/h1-4H,5-6,9H2,(H,11,12);3H2,1-2H3. The lowest BCUT2D eigenvalue weighted by atomic mass is 10.3. The highest BCUT2D eigenvalue weighted by Crippen LogP contribution is 1.90. The zero-order valence-electron chi connectivity index (χ0n) is 9.36. The Labute approximate surface area is 90.9 Å². The molecular formula is C11H19N3O. The fourth-order valence-corrected chi connectivity index (χ4v) is 0.764. The van der Waals surface area contributed by atoms with Crippen LogP contribution in [0, 0.1) is 0 Å². The van der Waals surface area contributed by atoms with Crippen LogP contribution in [0.3, 0.4) is 0 Å². The predicted molar refractivity (Wildman–Crippen MR) is 61.1 cm³/mol. The van der Waals surface area contributed by atoms with Crippen LogP contribution in [0.15, 0.2) is 24.4 Å². The first kappa shape index (κ1) is 13.6. The van der Waals surface area contributed by atoms with Crippen molar-refractivity contribution >= 4 is 5.91 Å². The number of rotatable bonds is 3. The summed E-state index contributed by atoms with van der Waals surface area (Å²) in [6.45, 7) is 4.71. The number of hydrogen-bond acceptors (Lipinski definition) is 3. The van der Waals surface area contributed by atoms with E-state index in [9.17, 15) is 4.79 Å². The molecule has 1 heterocycles. The third-order valence-corrected chi connectivity index (χ3v) is 1.38. The molecule has 0 aliphatic heterocycles. The van der Waals surface area contributed by atoms with Gasteiger partial charge in [0.15, 0.2) is 0 Å². The summed E-state index contributed by atoms with van der Waals surface area (Å²) in [6, 6.07) is 5.54. The second-order valence-corrected chi connectivity index (χ2v) is 3.01. The van der Waals surface area contributed by atoms with E-state index in [1.807, 2.05) is 18.2 Å². The number of nitrogens with one attached hydrogen (secondary N) is 1. The molecule has 0 saturated carbocycles. The Balaban J connectivity index is 0.000000583. The van der Waals surface area contributed by atoms with Crippen molar-refractivity contribution in [2.45, 2.75) is 26.8 Å². The number of carbonyl (C=O) groups excluding carboxylic acids is 1. The van der Waals surface area contributed by atoms with Crippen LogP contribution >= 0.6 is 0 Å². The van der Waals surface area contributed by atoms with Crippen LogP contribution in [0.1, 0.15) is 26.0 Å². The highest BCUT2D eigenvalue weighted by Gasteiger charge is 1.96. The third kappa shape index (κ3) is 7.64. The van der Waals surface area contributed by atoms with Crippen LogP contribution in [0.4, 0.5) is 0 Å². The maximum absolute atomic E-state index is 10.7. The second kappa shape index (κ2) is 9.15. The SMILES string of the molecule is CCC.NCC(=O)NCc1ccccn1. The van der Waals surface area contributed by atoms with Crippen LogP contribution < -0.4 is 11.1 Å². The fraction of sp³-hybridized carbons (Fsp3) is 0.455. The van der Waals surface area contributed by atoms with E-state index in [0.29, 0.717) is 6.54 Å². The van der Waals surface area contributed by atoms with Gasteiger partial charge in [0.2, 0.25) is 5.91 Å². The van der Waals surface area contributed by atoms with E-state index in [0.717, 1.165) is 5.69 Å². The van der Waals surface area contributed by atoms with Crippen molar-refractivity contribution < 1.29 is 4.79 Å². The fourth-order valence-electron chi connectivity index (χ4n) is 0.764. The molecule has 1 aromatic heterocycles. The highest BCUT2D eigenvalue weighted by atomic mass is 16.1. The molecule has 0 spiro atoms. The Hall–Kier alpha value is -1.42. The summed E-state index contributed by atoms with van der Waals surface area (Å²) >= 11 is 0. The van der Waals surface area contributed by atoms with E-state index >= 15 is 0 Å². The summed E-state index contributed by atoms with van der Waals surface area (Å²) < 4.78 is 0. The number of amides is 1. The van der Waals surface area contributed by atoms with Gasteiger partial charge in [-0.15, -0.1) is 0 Å². The monoisotopic (exact) mass is 209 g/mol. The van der Waals surface area contributed by atoms with Gasteiger partial charge in [-0.05, 0) is 12.1 Å². The summed E-state index contributed by atoms with van der Waals surface area (Å²) in [6.07, 6.45) is 2.93. The Morgan fingerprint density at radius 2 is 2.13 bits per heavy atom. The molecule has 4 nitrogen and oxygen atoms in total. The molecule has 0 aromatic carbocycles. The molecule has 1 rings (SSSR count). The molecule has 0 aliphatic rings.